The third kappa shape index (κ3) is 5.90. The molecule has 0 aliphatic heterocycles. The summed E-state index contributed by atoms with van der Waals surface area (Å²) in [6.07, 6.45) is 7.07. The molecule has 8 nitrogen and oxygen atoms in total. The number of aliphatic hydroxyl groups is 1. The summed E-state index contributed by atoms with van der Waals surface area (Å²) >= 11 is 0. The minimum absolute atomic E-state index is 0.0391. The van der Waals surface area contributed by atoms with Gasteiger partial charge in [0.05, 0.1) is 18.4 Å². The summed E-state index contributed by atoms with van der Waals surface area (Å²) in [5.41, 5.74) is 11.5. The number of allylic oxidation sites excluding steroid dienone is 1. The zero-order chi connectivity index (χ0) is 27.0. The van der Waals surface area contributed by atoms with Crippen molar-refractivity contribution in [1.29, 1.82) is 0 Å². The molecule has 0 unspecified atom stereocenters. The number of nitrogens with one attached hydrogen (secondary N) is 1. The molecule has 4 rings (SSSR count). The summed E-state index contributed by atoms with van der Waals surface area (Å²) in [6, 6.07) is 4.15. The Morgan fingerprint density at radius 2 is 1.92 bits per heavy atom. The van der Waals surface area contributed by atoms with Gasteiger partial charge in [-0.15, -0.1) is 0 Å². The van der Waals surface area contributed by atoms with Gasteiger partial charge in [-0.25, -0.2) is 14.8 Å². The lowest BCUT2D eigenvalue weighted by Crippen LogP contribution is -2.42. The van der Waals surface area contributed by atoms with Gasteiger partial charge in [-0.05, 0) is 88.5 Å². The summed E-state index contributed by atoms with van der Waals surface area (Å²) in [7, 11) is 0. The number of aliphatic hydroxyl groups excluding tert-OH is 1. The summed E-state index contributed by atoms with van der Waals surface area (Å²) < 4.78 is 12.0. The van der Waals surface area contributed by atoms with Gasteiger partial charge in [0.1, 0.15) is 23.5 Å². The van der Waals surface area contributed by atoms with Crippen LogP contribution in [0.1, 0.15) is 83.9 Å². The van der Waals surface area contributed by atoms with Gasteiger partial charge in [-0.2, -0.15) is 0 Å². The highest BCUT2D eigenvalue weighted by Gasteiger charge is 2.37. The van der Waals surface area contributed by atoms with Crippen LogP contribution in [0.15, 0.2) is 24.5 Å². The Morgan fingerprint density at radius 3 is 2.57 bits per heavy atom. The fourth-order valence-corrected chi connectivity index (χ4v) is 5.58. The number of fused-ring (bicyclic) bond motifs is 3. The minimum Gasteiger partial charge on any atom is -0.490 e. The van der Waals surface area contributed by atoms with Crippen molar-refractivity contribution in [3.8, 4) is 17.0 Å². The number of anilines is 1. The topological polar surface area (TPSA) is 120 Å². The van der Waals surface area contributed by atoms with Crippen LogP contribution in [0.4, 0.5) is 10.6 Å². The van der Waals surface area contributed by atoms with Gasteiger partial charge in [-0.1, -0.05) is 19.9 Å². The molecule has 2 aliphatic carbocycles. The molecular weight excluding hydrogens is 468 g/mol. The second kappa shape index (κ2) is 10.3. The SMILES string of the molecule is CC(=CCO)c1c(OC2CCC(NC(=O)OC(C)(C)C)CC2)ccc2c1CC(C)(C)c1c(N)ncnc1-2. The molecule has 37 heavy (non-hydrogen) atoms. The van der Waals surface area contributed by atoms with Gasteiger partial charge >= 0.3 is 6.09 Å². The smallest absolute Gasteiger partial charge is 0.407 e. The van der Waals surface area contributed by atoms with E-state index >= 15 is 0 Å². The predicted octanol–water partition coefficient (Wildman–Crippen LogP) is 5.17. The molecule has 1 saturated carbocycles. The lowest BCUT2D eigenvalue weighted by atomic mass is 9.70. The molecule has 4 N–H and O–H groups in total. The van der Waals surface area contributed by atoms with Gasteiger partial charge in [-0.3, -0.25) is 0 Å². The molecule has 1 heterocycles. The van der Waals surface area contributed by atoms with Crippen molar-refractivity contribution in [2.24, 2.45) is 0 Å². The molecule has 0 saturated heterocycles. The first-order valence-corrected chi connectivity index (χ1v) is 13.1. The highest BCUT2D eigenvalue weighted by molar-refractivity contribution is 5.84. The number of nitrogen functional groups attached to an aromatic ring is 1. The van der Waals surface area contributed by atoms with Gasteiger partial charge in [0, 0.05) is 22.7 Å². The van der Waals surface area contributed by atoms with E-state index in [9.17, 15) is 9.90 Å². The minimum atomic E-state index is -0.514. The third-order valence-corrected chi connectivity index (χ3v) is 7.18. The summed E-state index contributed by atoms with van der Waals surface area (Å²) in [6.45, 7) is 11.9. The maximum atomic E-state index is 12.2. The molecule has 1 aromatic heterocycles. The Balaban J connectivity index is 1.59. The number of carbonyl (C=O) groups excluding carboxylic acids is 1. The monoisotopic (exact) mass is 508 g/mol. The number of alkyl carbamates (subject to hydrolysis) is 1. The lowest BCUT2D eigenvalue weighted by Gasteiger charge is -2.36. The first-order valence-electron chi connectivity index (χ1n) is 13.1. The van der Waals surface area contributed by atoms with E-state index in [0.717, 1.165) is 71.4 Å². The van der Waals surface area contributed by atoms with Crippen molar-refractivity contribution < 1.29 is 19.4 Å². The number of ether oxygens (including phenoxy) is 2. The number of nitrogens with two attached hydrogens (primary N) is 1. The first-order chi connectivity index (χ1) is 17.4. The maximum Gasteiger partial charge on any atom is 0.407 e. The van der Waals surface area contributed by atoms with Crippen LogP contribution in [0.25, 0.3) is 16.8 Å². The van der Waals surface area contributed by atoms with E-state index in [1.807, 2.05) is 39.8 Å². The van der Waals surface area contributed by atoms with Crippen LogP contribution >= 0.6 is 0 Å². The largest absolute Gasteiger partial charge is 0.490 e. The Hall–Kier alpha value is -3.13. The number of nitrogens with zero attached hydrogens (tertiary/aromatic N) is 2. The number of amides is 1. The van der Waals surface area contributed by atoms with E-state index in [0.29, 0.717) is 5.82 Å². The normalized spacial score (nSPS) is 21.0. The van der Waals surface area contributed by atoms with Crippen LogP contribution in [0.3, 0.4) is 0 Å². The number of benzene rings is 1. The standard InChI is InChI=1S/C29H40N4O4/c1-17(13-14-34)23-21-15-29(5,6)24-25(31-16-32-26(24)30)20(21)11-12-22(23)36-19-9-7-18(8-10-19)33-27(35)37-28(2,3)4/h11-13,16,18-19,34H,7-10,14-15H2,1-6H3,(H,33,35)(H2,30,31,32). The average Bonchev–Trinajstić information content (AvgIpc) is 2.78. The Labute approximate surface area is 219 Å². The summed E-state index contributed by atoms with van der Waals surface area (Å²) in [5.74, 6) is 1.33. The molecule has 1 fully saturated rings. The molecular formula is C29H40N4O4. The van der Waals surface area contributed by atoms with E-state index in [4.69, 9.17) is 15.2 Å². The van der Waals surface area contributed by atoms with Gasteiger partial charge in [0.25, 0.3) is 0 Å². The second-order valence-electron chi connectivity index (χ2n) is 11.8. The number of hydrogen-bond acceptors (Lipinski definition) is 7. The molecule has 1 aromatic carbocycles. The fraction of sp³-hybridized carbons (Fsp3) is 0.552. The van der Waals surface area contributed by atoms with Crippen LogP contribution in [-0.2, 0) is 16.6 Å². The zero-order valence-corrected chi connectivity index (χ0v) is 22.9. The maximum absolute atomic E-state index is 12.2. The number of aromatic nitrogens is 2. The van der Waals surface area contributed by atoms with Crippen LogP contribution in [0.2, 0.25) is 0 Å². The van der Waals surface area contributed by atoms with Crippen LogP contribution < -0.4 is 15.8 Å². The van der Waals surface area contributed by atoms with E-state index in [-0.39, 0.29) is 30.3 Å². The first kappa shape index (κ1) is 26.9. The van der Waals surface area contributed by atoms with Crippen molar-refractivity contribution in [3.63, 3.8) is 0 Å². The van der Waals surface area contributed by atoms with E-state index < -0.39 is 5.60 Å². The summed E-state index contributed by atoms with van der Waals surface area (Å²) in [4.78, 5) is 21.0. The second-order valence-corrected chi connectivity index (χ2v) is 11.8. The van der Waals surface area contributed by atoms with Crippen molar-refractivity contribution in [2.75, 3.05) is 12.3 Å². The Bertz CT molecular complexity index is 1190. The predicted molar refractivity (Wildman–Crippen MR) is 145 cm³/mol. The Kier molecular flexibility index (Phi) is 7.51. The van der Waals surface area contributed by atoms with E-state index in [1.165, 1.54) is 6.33 Å². The van der Waals surface area contributed by atoms with Crippen LogP contribution in [0, 0.1) is 0 Å². The number of rotatable bonds is 5. The molecule has 0 radical (unpaired) electrons. The molecule has 1 amide bonds. The van der Waals surface area contributed by atoms with E-state index in [2.05, 4.69) is 35.2 Å². The molecule has 200 valence electrons. The van der Waals surface area contributed by atoms with Gasteiger partial charge in [0.15, 0.2) is 0 Å². The average molecular weight is 509 g/mol. The summed E-state index contributed by atoms with van der Waals surface area (Å²) in [5, 5.41) is 12.7. The molecule has 8 heteroatoms. The molecule has 2 aliphatic rings. The molecule has 0 atom stereocenters. The third-order valence-electron chi connectivity index (χ3n) is 7.18. The van der Waals surface area contributed by atoms with Crippen molar-refractivity contribution >= 4 is 17.5 Å². The zero-order valence-electron chi connectivity index (χ0n) is 22.9. The van der Waals surface area contributed by atoms with Crippen molar-refractivity contribution in [3.05, 3.63) is 41.2 Å². The van der Waals surface area contributed by atoms with Crippen LogP contribution in [-0.4, -0.2) is 45.5 Å². The van der Waals surface area contributed by atoms with E-state index in [1.54, 1.807) is 0 Å². The van der Waals surface area contributed by atoms with Crippen LogP contribution in [0.5, 0.6) is 5.75 Å². The lowest BCUT2D eigenvalue weighted by molar-refractivity contribution is 0.0470. The highest BCUT2D eigenvalue weighted by atomic mass is 16.6. The van der Waals surface area contributed by atoms with Crippen molar-refractivity contribution in [2.45, 2.75) is 96.8 Å². The fourth-order valence-electron chi connectivity index (χ4n) is 5.58. The number of carbonyl (C=O) groups is 1. The molecule has 2 aromatic rings. The van der Waals surface area contributed by atoms with Gasteiger partial charge in [0.2, 0.25) is 0 Å². The number of hydrogen-bond donors (Lipinski definition) is 3. The Morgan fingerprint density at radius 1 is 1.22 bits per heavy atom. The van der Waals surface area contributed by atoms with Crippen molar-refractivity contribution in [1.82, 2.24) is 15.3 Å². The molecule has 0 bridgehead atoms. The molecule has 0 spiro atoms. The quantitative estimate of drug-likeness (QED) is 0.510. The van der Waals surface area contributed by atoms with Gasteiger partial charge < -0.3 is 25.6 Å². The highest BCUT2D eigenvalue weighted by Crippen LogP contribution is 2.48.